The molecule has 0 aliphatic heterocycles. The predicted molar refractivity (Wildman–Crippen MR) is 71.9 cm³/mol. The molecule has 0 amide bonds. The molecule has 0 fully saturated rings. The first kappa shape index (κ1) is 16.1. The van der Waals surface area contributed by atoms with Gasteiger partial charge >= 0.3 is 0 Å². The van der Waals surface area contributed by atoms with E-state index in [0.29, 0.717) is 5.56 Å². The molecule has 6 heteroatoms. The van der Waals surface area contributed by atoms with Crippen molar-refractivity contribution in [2.75, 3.05) is 13.1 Å². The molecule has 108 valence electrons. The number of nitrogens with zero attached hydrogens (tertiary/aromatic N) is 1. The van der Waals surface area contributed by atoms with Crippen LogP contribution in [0, 0.1) is 12.7 Å². The number of likely N-dealkylation sites (N-methyl/N-ethyl adjacent to an activating group) is 1. The Kier molecular flexibility index (Phi) is 4.71. The van der Waals surface area contributed by atoms with Gasteiger partial charge in [0, 0.05) is 13.1 Å². The summed E-state index contributed by atoms with van der Waals surface area (Å²) in [6.45, 7) is 6.56. The highest BCUT2D eigenvalue weighted by atomic mass is 32.2. The summed E-state index contributed by atoms with van der Waals surface area (Å²) >= 11 is 0. The highest BCUT2D eigenvalue weighted by Crippen LogP contribution is 2.22. The second kappa shape index (κ2) is 5.56. The molecule has 0 aliphatic rings. The maximum Gasteiger partial charge on any atom is 0.243 e. The van der Waals surface area contributed by atoms with Gasteiger partial charge in [-0.15, -0.1) is 0 Å². The van der Waals surface area contributed by atoms with Crippen molar-refractivity contribution < 1.29 is 17.9 Å². The van der Waals surface area contributed by atoms with Crippen molar-refractivity contribution in [3.63, 3.8) is 0 Å². The summed E-state index contributed by atoms with van der Waals surface area (Å²) in [5.41, 5.74) is -0.772. The van der Waals surface area contributed by atoms with E-state index in [2.05, 4.69) is 0 Å². The zero-order valence-corrected chi connectivity index (χ0v) is 12.5. The van der Waals surface area contributed by atoms with Crippen molar-refractivity contribution in [1.82, 2.24) is 4.31 Å². The van der Waals surface area contributed by atoms with Crippen LogP contribution in [0.1, 0.15) is 26.3 Å². The van der Waals surface area contributed by atoms with Gasteiger partial charge in [-0.3, -0.25) is 0 Å². The van der Waals surface area contributed by atoms with Crippen LogP contribution in [0.25, 0.3) is 0 Å². The Morgan fingerprint density at radius 1 is 1.37 bits per heavy atom. The van der Waals surface area contributed by atoms with Crippen LogP contribution in [-0.2, 0) is 10.0 Å². The molecular formula is C13H20FNO3S. The van der Waals surface area contributed by atoms with Gasteiger partial charge in [0.2, 0.25) is 10.0 Å². The van der Waals surface area contributed by atoms with E-state index < -0.39 is 21.4 Å². The smallest absolute Gasteiger partial charge is 0.243 e. The molecule has 0 saturated heterocycles. The second-order valence-corrected chi connectivity index (χ2v) is 7.06. The third-order valence-electron chi connectivity index (χ3n) is 2.67. The highest BCUT2D eigenvalue weighted by molar-refractivity contribution is 7.89. The van der Waals surface area contributed by atoms with Crippen LogP contribution < -0.4 is 0 Å². The average molecular weight is 289 g/mol. The van der Waals surface area contributed by atoms with E-state index in [4.69, 9.17) is 0 Å². The van der Waals surface area contributed by atoms with E-state index >= 15 is 0 Å². The Bertz CT molecular complexity index is 549. The summed E-state index contributed by atoms with van der Waals surface area (Å²) in [6, 6.07) is 3.57. The van der Waals surface area contributed by atoms with Crippen molar-refractivity contribution in [1.29, 1.82) is 0 Å². The van der Waals surface area contributed by atoms with Crippen molar-refractivity contribution in [3.05, 3.63) is 29.6 Å². The standard InChI is InChI=1S/C13H20FNO3S/c1-5-15(9-13(3,4)16)19(17,18)12-7-6-11(14)8-10(12)2/h6-8,16H,5,9H2,1-4H3. The minimum absolute atomic E-state index is 0.0113. The molecule has 1 N–H and O–H groups in total. The van der Waals surface area contributed by atoms with Gasteiger partial charge in [0.05, 0.1) is 10.5 Å². The monoisotopic (exact) mass is 289 g/mol. The first-order valence-corrected chi connectivity index (χ1v) is 7.50. The Hall–Kier alpha value is -0.980. The van der Waals surface area contributed by atoms with Crippen LogP contribution in [0.2, 0.25) is 0 Å². The molecule has 1 rings (SSSR count). The third kappa shape index (κ3) is 3.99. The van der Waals surface area contributed by atoms with Crippen molar-refractivity contribution in [3.8, 4) is 0 Å². The van der Waals surface area contributed by atoms with E-state index in [0.717, 1.165) is 6.07 Å². The quantitative estimate of drug-likeness (QED) is 0.901. The van der Waals surface area contributed by atoms with E-state index in [1.165, 1.54) is 16.4 Å². The van der Waals surface area contributed by atoms with Gasteiger partial charge in [-0.05, 0) is 44.5 Å². The number of aryl methyl sites for hydroxylation is 1. The Morgan fingerprint density at radius 3 is 2.37 bits per heavy atom. The number of hydrogen-bond donors (Lipinski definition) is 1. The maximum atomic E-state index is 13.0. The zero-order chi connectivity index (χ0) is 14.8. The summed E-state index contributed by atoms with van der Waals surface area (Å²) in [6.07, 6.45) is 0. The van der Waals surface area contributed by atoms with Gasteiger partial charge < -0.3 is 5.11 Å². The van der Waals surface area contributed by atoms with Gasteiger partial charge in [-0.2, -0.15) is 4.31 Å². The van der Waals surface area contributed by atoms with E-state index in [-0.39, 0.29) is 18.0 Å². The molecular weight excluding hydrogens is 269 g/mol. The molecule has 0 atom stereocenters. The van der Waals surface area contributed by atoms with Crippen molar-refractivity contribution in [2.24, 2.45) is 0 Å². The van der Waals surface area contributed by atoms with E-state index in [1.807, 2.05) is 0 Å². The molecule has 0 aliphatic carbocycles. The molecule has 0 spiro atoms. The summed E-state index contributed by atoms with van der Waals surface area (Å²) < 4.78 is 39.2. The van der Waals surface area contributed by atoms with Crippen LogP contribution >= 0.6 is 0 Å². The fourth-order valence-electron chi connectivity index (χ4n) is 1.84. The molecule has 0 heterocycles. The number of hydrogen-bond acceptors (Lipinski definition) is 3. The third-order valence-corrected chi connectivity index (χ3v) is 4.75. The normalized spacial score (nSPS) is 13.0. The van der Waals surface area contributed by atoms with Gasteiger partial charge in [-0.1, -0.05) is 6.92 Å². The lowest BCUT2D eigenvalue weighted by Gasteiger charge is -2.27. The van der Waals surface area contributed by atoms with Gasteiger partial charge in [0.1, 0.15) is 5.82 Å². The highest BCUT2D eigenvalue weighted by Gasteiger charge is 2.29. The summed E-state index contributed by atoms with van der Waals surface area (Å²) in [5.74, 6) is -0.470. The molecule has 0 unspecified atom stereocenters. The number of rotatable bonds is 5. The maximum absolute atomic E-state index is 13.0. The molecule has 1 aromatic rings. The number of aliphatic hydroxyl groups is 1. The Balaban J connectivity index is 3.21. The van der Waals surface area contributed by atoms with Crippen LogP contribution in [0.4, 0.5) is 4.39 Å². The molecule has 1 aromatic carbocycles. The largest absolute Gasteiger partial charge is 0.389 e. The van der Waals surface area contributed by atoms with Gasteiger partial charge in [0.25, 0.3) is 0 Å². The Labute approximate surface area is 113 Å². The lowest BCUT2D eigenvalue weighted by Crippen LogP contribution is -2.42. The zero-order valence-electron chi connectivity index (χ0n) is 11.6. The average Bonchev–Trinajstić information content (AvgIpc) is 2.23. The number of benzene rings is 1. The van der Waals surface area contributed by atoms with Crippen LogP contribution in [0.5, 0.6) is 0 Å². The topological polar surface area (TPSA) is 57.6 Å². The van der Waals surface area contributed by atoms with Gasteiger partial charge in [0.15, 0.2) is 0 Å². The second-order valence-electron chi connectivity index (χ2n) is 5.15. The minimum atomic E-state index is -3.73. The lowest BCUT2D eigenvalue weighted by molar-refractivity contribution is 0.0601. The minimum Gasteiger partial charge on any atom is -0.389 e. The molecule has 0 radical (unpaired) electrons. The fourth-order valence-corrected chi connectivity index (χ4v) is 3.65. The first-order valence-electron chi connectivity index (χ1n) is 6.06. The lowest BCUT2D eigenvalue weighted by atomic mass is 10.1. The SMILES string of the molecule is CCN(CC(C)(C)O)S(=O)(=O)c1ccc(F)cc1C. The van der Waals surface area contributed by atoms with Crippen LogP contribution in [0.15, 0.2) is 23.1 Å². The van der Waals surface area contributed by atoms with E-state index in [9.17, 15) is 17.9 Å². The molecule has 0 aromatic heterocycles. The van der Waals surface area contributed by atoms with E-state index in [1.54, 1.807) is 27.7 Å². The number of halogens is 1. The summed E-state index contributed by atoms with van der Waals surface area (Å²) in [5, 5.41) is 9.78. The van der Waals surface area contributed by atoms with Gasteiger partial charge in [-0.25, -0.2) is 12.8 Å². The van der Waals surface area contributed by atoms with Crippen LogP contribution in [-0.4, -0.2) is 36.5 Å². The predicted octanol–water partition coefficient (Wildman–Crippen LogP) is 1.92. The molecule has 0 saturated carbocycles. The summed E-state index contributed by atoms with van der Waals surface area (Å²) in [4.78, 5) is 0.0694. The molecule has 19 heavy (non-hydrogen) atoms. The first-order chi connectivity index (χ1) is 8.58. The van der Waals surface area contributed by atoms with Crippen LogP contribution in [0.3, 0.4) is 0 Å². The fraction of sp³-hybridized carbons (Fsp3) is 0.538. The van der Waals surface area contributed by atoms with Crippen molar-refractivity contribution in [2.45, 2.75) is 38.2 Å². The Morgan fingerprint density at radius 2 is 1.95 bits per heavy atom. The molecule has 4 nitrogen and oxygen atoms in total. The number of sulfonamides is 1. The van der Waals surface area contributed by atoms with Crippen molar-refractivity contribution >= 4 is 10.0 Å². The summed E-state index contributed by atoms with van der Waals surface area (Å²) in [7, 11) is -3.73. The molecule has 0 bridgehead atoms.